The van der Waals surface area contributed by atoms with Crippen LogP contribution in [0, 0.1) is 13.8 Å². The summed E-state index contributed by atoms with van der Waals surface area (Å²) in [5.74, 6) is 0. The van der Waals surface area contributed by atoms with Crippen molar-refractivity contribution >= 4 is 22.7 Å². The van der Waals surface area contributed by atoms with E-state index in [1.807, 2.05) is 34.6 Å². The minimum absolute atomic E-state index is 0.0483. The predicted octanol–water partition coefficient (Wildman–Crippen LogP) is 4.85. The fourth-order valence-corrected chi connectivity index (χ4v) is 5.38. The second kappa shape index (κ2) is 10.6. The number of para-hydroxylation sites is 1. The number of H-pyrrole nitrogens is 1. The van der Waals surface area contributed by atoms with Gasteiger partial charge in [-0.15, -0.1) is 0 Å². The molecule has 1 aliphatic heterocycles. The van der Waals surface area contributed by atoms with Crippen LogP contribution in [0.15, 0.2) is 64.4 Å². The van der Waals surface area contributed by atoms with Gasteiger partial charge in [-0.2, -0.15) is 0 Å². The lowest BCUT2D eigenvalue weighted by atomic mass is 9.97. The molecule has 2 aromatic carbocycles. The quantitative estimate of drug-likeness (QED) is 0.382. The van der Waals surface area contributed by atoms with Crippen LogP contribution in [0.3, 0.4) is 0 Å². The van der Waals surface area contributed by atoms with Crippen molar-refractivity contribution in [2.24, 2.45) is 0 Å². The molecule has 9 nitrogen and oxygen atoms in total. The number of fused-ring (bicyclic) bond motifs is 1. The van der Waals surface area contributed by atoms with Gasteiger partial charge in [0, 0.05) is 30.9 Å². The van der Waals surface area contributed by atoms with Crippen LogP contribution < -0.4 is 21.5 Å². The Bertz CT molecular complexity index is 1670. The molecule has 4 aromatic rings. The van der Waals surface area contributed by atoms with Crippen molar-refractivity contribution in [3.05, 3.63) is 86.8 Å². The molecule has 1 amide bonds. The SMILES string of the molecule is Cc1cc(C)cc(-c2cncc(-n3c(=O)[nH]c4ccccc4c3=O)c2N2CCC(NC(=O)OC(C)(C)C)CC2)c1. The third-order valence-electron chi connectivity index (χ3n) is 7.01. The molecular formula is C31H35N5O4. The minimum atomic E-state index is -0.572. The van der Waals surface area contributed by atoms with Crippen LogP contribution in [-0.2, 0) is 4.74 Å². The standard InChI is InChI=1S/C31H35N5O4/c1-19-14-20(2)16-21(15-19)24-17-32-18-26(36-28(37)23-8-6-7-9-25(23)34-29(36)38)27(24)35-12-10-22(11-13-35)33-30(39)40-31(3,4)5/h6-9,14-18,22H,10-13H2,1-5H3,(H,33,39)(H,34,38). The molecule has 208 valence electrons. The van der Waals surface area contributed by atoms with E-state index in [2.05, 4.69) is 38.4 Å². The number of anilines is 1. The monoisotopic (exact) mass is 541 g/mol. The van der Waals surface area contributed by atoms with Gasteiger partial charge in [0.1, 0.15) is 5.60 Å². The molecule has 9 heteroatoms. The van der Waals surface area contributed by atoms with Gasteiger partial charge < -0.3 is 19.9 Å². The summed E-state index contributed by atoms with van der Waals surface area (Å²) in [6, 6.07) is 13.2. The highest BCUT2D eigenvalue weighted by atomic mass is 16.6. The van der Waals surface area contributed by atoms with E-state index in [-0.39, 0.29) is 6.04 Å². The minimum Gasteiger partial charge on any atom is -0.444 e. The molecule has 0 aliphatic carbocycles. The molecule has 0 saturated carbocycles. The Morgan fingerprint density at radius 1 is 1.02 bits per heavy atom. The Kier molecular flexibility index (Phi) is 7.23. The number of pyridine rings is 1. The van der Waals surface area contributed by atoms with Gasteiger partial charge in [0.15, 0.2) is 0 Å². The first-order valence-electron chi connectivity index (χ1n) is 13.6. The lowest BCUT2D eigenvalue weighted by Gasteiger charge is -2.36. The first kappa shape index (κ1) is 27.2. The first-order chi connectivity index (χ1) is 19.0. The zero-order valence-corrected chi connectivity index (χ0v) is 23.6. The smallest absolute Gasteiger partial charge is 0.407 e. The van der Waals surface area contributed by atoms with Crippen molar-refractivity contribution in [2.45, 2.75) is 59.1 Å². The normalized spacial score (nSPS) is 14.4. The highest BCUT2D eigenvalue weighted by Crippen LogP contribution is 2.37. The molecule has 1 aliphatic rings. The molecule has 3 heterocycles. The van der Waals surface area contributed by atoms with Gasteiger partial charge in [-0.1, -0.05) is 41.5 Å². The van der Waals surface area contributed by atoms with Crippen molar-refractivity contribution in [1.82, 2.24) is 19.9 Å². The lowest BCUT2D eigenvalue weighted by molar-refractivity contribution is 0.0497. The molecular weight excluding hydrogens is 506 g/mol. The summed E-state index contributed by atoms with van der Waals surface area (Å²) in [7, 11) is 0. The second-order valence-electron chi connectivity index (χ2n) is 11.5. The molecule has 1 saturated heterocycles. The first-order valence-corrected chi connectivity index (χ1v) is 13.6. The number of piperidine rings is 1. The number of hydrogen-bond acceptors (Lipinski definition) is 6. The number of hydrogen-bond donors (Lipinski definition) is 2. The number of alkyl carbamates (subject to hydrolysis) is 1. The second-order valence-corrected chi connectivity index (χ2v) is 11.5. The van der Waals surface area contributed by atoms with Gasteiger partial charge in [-0.3, -0.25) is 9.78 Å². The number of nitrogens with zero attached hydrogens (tertiary/aromatic N) is 3. The van der Waals surface area contributed by atoms with E-state index in [1.54, 1.807) is 36.7 Å². The molecule has 0 spiro atoms. The number of aromatic amines is 1. The number of aryl methyl sites for hydroxylation is 2. The fourth-order valence-electron chi connectivity index (χ4n) is 5.38. The van der Waals surface area contributed by atoms with Crippen LogP contribution in [-0.4, -0.2) is 45.4 Å². The summed E-state index contributed by atoms with van der Waals surface area (Å²) >= 11 is 0. The van der Waals surface area contributed by atoms with Crippen molar-refractivity contribution in [3.63, 3.8) is 0 Å². The number of carbonyl (C=O) groups excluding carboxylic acids is 1. The number of ether oxygens (including phenoxy) is 1. The van der Waals surface area contributed by atoms with E-state index in [9.17, 15) is 14.4 Å². The molecule has 2 N–H and O–H groups in total. The molecule has 0 unspecified atom stereocenters. The van der Waals surface area contributed by atoms with E-state index in [0.29, 0.717) is 42.5 Å². The van der Waals surface area contributed by atoms with Crippen LogP contribution in [0.4, 0.5) is 10.5 Å². The summed E-state index contributed by atoms with van der Waals surface area (Å²) in [6.45, 7) is 10.8. The average molecular weight is 542 g/mol. The Morgan fingerprint density at radius 3 is 2.38 bits per heavy atom. The molecule has 5 rings (SSSR count). The van der Waals surface area contributed by atoms with E-state index in [0.717, 1.165) is 27.9 Å². The summed E-state index contributed by atoms with van der Waals surface area (Å²) in [4.78, 5) is 48.9. The zero-order chi connectivity index (χ0) is 28.6. The fraction of sp³-hybridized carbons (Fsp3) is 0.355. The van der Waals surface area contributed by atoms with Crippen molar-refractivity contribution in [2.75, 3.05) is 18.0 Å². The van der Waals surface area contributed by atoms with Gasteiger partial charge in [0.2, 0.25) is 0 Å². The molecule has 0 radical (unpaired) electrons. The highest BCUT2D eigenvalue weighted by Gasteiger charge is 2.28. The van der Waals surface area contributed by atoms with Crippen molar-refractivity contribution in [3.8, 4) is 16.8 Å². The summed E-state index contributed by atoms with van der Waals surface area (Å²) < 4.78 is 6.62. The van der Waals surface area contributed by atoms with Crippen LogP contribution in [0.25, 0.3) is 27.7 Å². The average Bonchev–Trinajstić information content (AvgIpc) is 2.87. The van der Waals surface area contributed by atoms with Gasteiger partial charge in [-0.25, -0.2) is 14.2 Å². The van der Waals surface area contributed by atoms with Gasteiger partial charge in [0.05, 0.1) is 28.5 Å². The largest absolute Gasteiger partial charge is 0.444 e. The molecule has 1 fully saturated rings. The summed E-state index contributed by atoms with van der Waals surface area (Å²) in [6.07, 6.45) is 4.30. The Hall–Kier alpha value is -4.40. The third kappa shape index (κ3) is 5.64. The number of carbonyl (C=O) groups is 1. The highest BCUT2D eigenvalue weighted by molar-refractivity contribution is 5.85. The van der Waals surface area contributed by atoms with Crippen molar-refractivity contribution in [1.29, 1.82) is 0 Å². The van der Waals surface area contributed by atoms with E-state index in [4.69, 9.17) is 4.74 Å². The van der Waals surface area contributed by atoms with E-state index in [1.165, 1.54) is 4.57 Å². The Balaban J connectivity index is 1.59. The summed E-state index contributed by atoms with van der Waals surface area (Å²) in [5, 5.41) is 3.40. The number of nitrogens with one attached hydrogen (secondary N) is 2. The molecule has 40 heavy (non-hydrogen) atoms. The molecule has 0 atom stereocenters. The molecule has 0 bridgehead atoms. The number of amides is 1. The third-order valence-corrected chi connectivity index (χ3v) is 7.01. The molecule has 2 aromatic heterocycles. The van der Waals surface area contributed by atoms with Crippen LogP contribution in [0.5, 0.6) is 0 Å². The summed E-state index contributed by atoms with van der Waals surface area (Å²) in [5.41, 5.74) is 4.18. The number of aromatic nitrogens is 3. The van der Waals surface area contributed by atoms with E-state index >= 15 is 0 Å². The van der Waals surface area contributed by atoms with Gasteiger partial charge >= 0.3 is 11.8 Å². The van der Waals surface area contributed by atoms with Crippen LogP contribution in [0.2, 0.25) is 0 Å². The van der Waals surface area contributed by atoms with E-state index < -0.39 is 22.9 Å². The lowest BCUT2D eigenvalue weighted by Crippen LogP contribution is -2.46. The predicted molar refractivity (Wildman–Crippen MR) is 157 cm³/mol. The zero-order valence-electron chi connectivity index (χ0n) is 23.6. The maximum absolute atomic E-state index is 13.7. The van der Waals surface area contributed by atoms with Crippen molar-refractivity contribution < 1.29 is 9.53 Å². The number of benzene rings is 2. The maximum Gasteiger partial charge on any atom is 0.407 e. The Labute approximate surface area is 232 Å². The van der Waals surface area contributed by atoms with Crippen LogP contribution in [0.1, 0.15) is 44.7 Å². The maximum atomic E-state index is 13.7. The van der Waals surface area contributed by atoms with Gasteiger partial charge in [0.25, 0.3) is 5.56 Å². The van der Waals surface area contributed by atoms with Crippen LogP contribution >= 0.6 is 0 Å². The number of rotatable bonds is 4. The van der Waals surface area contributed by atoms with Gasteiger partial charge in [-0.05, 0) is 65.2 Å². The topological polar surface area (TPSA) is 109 Å². The Morgan fingerprint density at radius 2 is 1.70 bits per heavy atom.